The number of rotatable bonds is 3. The van der Waals surface area contributed by atoms with Crippen LogP contribution in [0.3, 0.4) is 0 Å². The lowest BCUT2D eigenvalue weighted by molar-refractivity contribution is 0.284. The largest absolute Gasteiger partial charge is 0.694 e. The lowest BCUT2D eigenvalue weighted by atomic mass is 10.5. The zero-order valence-electron chi connectivity index (χ0n) is 7.33. The van der Waals surface area contributed by atoms with Gasteiger partial charge in [0.1, 0.15) is 6.61 Å². The van der Waals surface area contributed by atoms with Crippen LogP contribution in [0.2, 0.25) is 0 Å². The first kappa shape index (κ1) is 15.1. The van der Waals surface area contributed by atoms with Crippen LogP contribution in [-0.4, -0.2) is 22.3 Å². The monoisotopic (exact) mass is 235 g/mol. The van der Waals surface area contributed by atoms with Crippen molar-refractivity contribution in [2.24, 2.45) is 0 Å². The summed E-state index contributed by atoms with van der Waals surface area (Å²) >= 11 is 10.6. The van der Waals surface area contributed by atoms with Crippen molar-refractivity contribution in [3.63, 3.8) is 0 Å². The first-order valence-corrected chi connectivity index (χ1v) is 5.43. The summed E-state index contributed by atoms with van der Waals surface area (Å²) in [5.74, 6) is 0. The second kappa shape index (κ2) is 9.69. The van der Waals surface area contributed by atoms with Crippen LogP contribution < -0.4 is 0 Å². The van der Waals surface area contributed by atoms with Gasteiger partial charge in [-0.3, -0.25) is 0 Å². The zero-order chi connectivity index (χ0) is 10.1. The van der Waals surface area contributed by atoms with Gasteiger partial charge in [-0.2, -0.15) is 0 Å². The van der Waals surface area contributed by atoms with Gasteiger partial charge < -0.3 is 0 Å². The fraction of sp³-hybridized carbons (Fsp3) is 1.00. The highest BCUT2D eigenvalue weighted by Gasteiger charge is 2.12. The summed E-state index contributed by atoms with van der Waals surface area (Å²) in [5, 5.41) is 0.0982. The Labute approximate surface area is 84.0 Å². The smallest absolute Gasteiger partial charge is 0.133 e. The number of hydrogen-bond acceptors (Lipinski definition) is 2. The molecule has 0 aromatic heterocycles. The third kappa shape index (κ3) is 31.2. The van der Waals surface area contributed by atoms with Crippen molar-refractivity contribution in [2.45, 2.75) is 31.5 Å². The van der Waals surface area contributed by atoms with Gasteiger partial charge in [0.25, 0.3) is 0 Å². The molecule has 0 heterocycles. The molecule has 0 aliphatic carbocycles. The van der Waals surface area contributed by atoms with Gasteiger partial charge in [-0.05, 0) is 20.8 Å². The Morgan fingerprint density at radius 2 is 1.75 bits per heavy atom. The number of halogens is 2. The van der Waals surface area contributed by atoms with Gasteiger partial charge in [-0.15, -0.1) is 32.6 Å². The number of alkyl halides is 2. The first-order valence-electron chi connectivity index (χ1n) is 3.43. The average molecular weight is 236 g/mol. The van der Waals surface area contributed by atoms with E-state index in [0.717, 1.165) is 0 Å². The van der Waals surface area contributed by atoms with Gasteiger partial charge in [0, 0.05) is 9.94 Å². The van der Waals surface area contributed by atoms with Crippen LogP contribution in [0, 0.1) is 0 Å². The third-order valence-corrected chi connectivity index (χ3v) is 0.911. The molecule has 0 aromatic rings. The Morgan fingerprint density at radius 1 is 1.42 bits per heavy atom. The Morgan fingerprint density at radius 3 is 1.83 bits per heavy atom. The molecule has 0 amide bonds. The van der Waals surface area contributed by atoms with Crippen LogP contribution in [0.15, 0.2) is 0 Å². The normalized spacial score (nSPS) is 13.4. The summed E-state index contributed by atoms with van der Waals surface area (Å²) in [6.07, 6.45) is 0. The Bertz CT molecular complexity index is 117. The summed E-state index contributed by atoms with van der Waals surface area (Å²) in [5.41, 5.74) is 0. The zero-order valence-corrected chi connectivity index (χ0v) is 9.73. The molecule has 3 nitrogen and oxygen atoms in total. The first-order chi connectivity index (χ1) is 5.36. The van der Waals surface area contributed by atoms with Crippen molar-refractivity contribution in [2.75, 3.05) is 6.61 Å². The highest BCUT2D eigenvalue weighted by Crippen LogP contribution is 2.15. The second-order valence-corrected chi connectivity index (χ2v) is 4.68. The van der Waals surface area contributed by atoms with Crippen molar-refractivity contribution in [3.05, 3.63) is 0 Å². The quantitative estimate of drug-likeness (QED) is 0.605. The molecule has 74 valence electrons. The molecule has 0 radical (unpaired) electrons. The highest BCUT2D eigenvalue weighted by atomic mass is 35.5. The molecular formula is C6H14Cl2O3P+. The molecule has 6 heteroatoms. The van der Waals surface area contributed by atoms with E-state index in [1.165, 1.54) is 0 Å². The number of hydrogen-bond donors (Lipinski definition) is 1. The Hall–Kier alpha value is 0.600. The van der Waals surface area contributed by atoms with Crippen molar-refractivity contribution >= 4 is 31.5 Å². The molecule has 2 atom stereocenters. The summed E-state index contributed by atoms with van der Waals surface area (Å²) in [7, 11) is -2.47. The average Bonchev–Trinajstić information content (AvgIpc) is 1.82. The molecule has 1 N–H and O–H groups in total. The maximum Gasteiger partial charge on any atom is 0.694 e. The van der Waals surface area contributed by atoms with Gasteiger partial charge in [-0.1, -0.05) is 0 Å². The third-order valence-electron chi connectivity index (χ3n) is 0.415. The van der Waals surface area contributed by atoms with Gasteiger partial charge >= 0.3 is 8.25 Å². The standard InChI is InChI=1S/C3H6ClO3P.C3H7Cl/c1-3(4)2-7-8(5)6;1-3(2)4/h3H,2H2,1H3;3H,1-2H3/p+1. The molecule has 0 fully saturated rings. The second-order valence-electron chi connectivity index (χ2n) is 2.33. The molecule has 0 aliphatic heterocycles. The minimum atomic E-state index is -2.47. The highest BCUT2D eigenvalue weighted by molar-refractivity contribution is 7.32. The van der Waals surface area contributed by atoms with Crippen molar-refractivity contribution < 1.29 is 14.0 Å². The van der Waals surface area contributed by atoms with Crippen molar-refractivity contribution in [1.29, 1.82) is 0 Å². The molecule has 12 heavy (non-hydrogen) atoms. The van der Waals surface area contributed by atoms with Crippen LogP contribution in [-0.2, 0) is 9.09 Å². The van der Waals surface area contributed by atoms with E-state index in [1.54, 1.807) is 6.92 Å². The molecule has 0 spiro atoms. The van der Waals surface area contributed by atoms with Gasteiger partial charge in [0.15, 0.2) is 0 Å². The van der Waals surface area contributed by atoms with E-state index in [2.05, 4.69) is 4.52 Å². The van der Waals surface area contributed by atoms with Gasteiger partial charge in [0.2, 0.25) is 0 Å². The predicted molar refractivity (Wildman–Crippen MR) is 52.1 cm³/mol. The van der Waals surface area contributed by atoms with Gasteiger partial charge in [-0.25, -0.2) is 0 Å². The predicted octanol–water partition coefficient (Wildman–Crippen LogP) is 2.91. The topological polar surface area (TPSA) is 46.5 Å². The van der Waals surface area contributed by atoms with Crippen LogP contribution in [0.4, 0.5) is 0 Å². The van der Waals surface area contributed by atoms with E-state index in [9.17, 15) is 4.57 Å². The molecule has 0 saturated heterocycles. The molecular weight excluding hydrogens is 222 g/mol. The lowest BCUT2D eigenvalue weighted by Gasteiger charge is -1.89. The minimum absolute atomic E-state index is 0.118. The maximum absolute atomic E-state index is 9.77. The summed E-state index contributed by atoms with van der Waals surface area (Å²) in [4.78, 5) is 8.03. The molecule has 0 saturated carbocycles. The maximum atomic E-state index is 9.77. The molecule has 0 aromatic carbocycles. The van der Waals surface area contributed by atoms with E-state index in [-0.39, 0.29) is 12.0 Å². The van der Waals surface area contributed by atoms with E-state index < -0.39 is 8.25 Å². The Kier molecular flexibility index (Phi) is 12.2. The SMILES string of the molecule is CC(C)Cl.CC(Cl)CO[P+](=O)O. The van der Waals surface area contributed by atoms with E-state index in [4.69, 9.17) is 28.1 Å². The summed E-state index contributed by atoms with van der Waals surface area (Å²) in [6.45, 7) is 5.66. The fourth-order valence-corrected chi connectivity index (χ4v) is 0.668. The van der Waals surface area contributed by atoms with Gasteiger partial charge in [0.05, 0.1) is 5.38 Å². The summed E-state index contributed by atoms with van der Waals surface area (Å²) < 4.78 is 14.0. The lowest BCUT2D eigenvalue weighted by Crippen LogP contribution is -1.98. The van der Waals surface area contributed by atoms with E-state index in [1.807, 2.05) is 13.8 Å². The van der Waals surface area contributed by atoms with Crippen LogP contribution in [0.25, 0.3) is 0 Å². The molecule has 0 aliphatic rings. The van der Waals surface area contributed by atoms with Crippen LogP contribution in [0.1, 0.15) is 20.8 Å². The van der Waals surface area contributed by atoms with Crippen molar-refractivity contribution in [3.8, 4) is 0 Å². The molecule has 0 bridgehead atoms. The van der Waals surface area contributed by atoms with Crippen molar-refractivity contribution in [1.82, 2.24) is 0 Å². The minimum Gasteiger partial charge on any atom is -0.133 e. The molecule has 0 rings (SSSR count). The fourth-order valence-electron chi connectivity index (χ4n) is 0.166. The Balaban J connectivity index is 0. The van der Waals surface area contributed by atoms with Crippen LogP contribution in [0.5, 0.6) is 0 Å². The molecule has 2 unspecified atom stereocenters. The van der Waals surface area contributed by atoms with E-state index >= 15 is 0 Å². The van der Waals surface area contributed by atoms with Crippen LogP contribution >= 0.6 is 31.5 Å². The summed E-state index contributed by atoms with van der Waals surface area (Å²) in [6, 6.07) is 0. The van der Waals surface area contributed by atoms with E-state index in [0.29, 0.717) is 5.38 Å².